The van der Waals surface area contributed by atoms with Crippen LogP contribution < -0.4 is 5.32 Å². The Hall–Kier alpha value is -2.37. The third kappa shape index (κ3) is 3.39. The number of nitrogens with one attached hydrogen (secondary N) is 1. The van der Waals surface area contributed by atoms with Gasteiger partial charge in [-0.05, 0) is 18.1 Å². The maximum Gasteiger partial charge on any atom is 0.323 e. The van der Waals surface area contributed by atoms with Crippen LogP contribution in [0.4, 0.5) is 5.69 Å². The number of fused-ring (bicyclic) bond motifs is 1. The number of carbonyl (C=O) groups is 3. The predicted octanol–water partition coefficient (Wildman–Crippen LogP) is 1.44. The normalized spacial score (nSPS) is 16.8. The summed E-state index contributed by atoms with van der Waals surface area (Å²) in [7, 11) is 0. The Morgan fingerprint density at radius 3 is 2.76 bits per heavy atom. The summed E-state index contributed by atoms with van der Waals surface area (Å²) in [5.41, 5.74) is 1.37. The van der Waals surface area contributed by atoms with Crippen molar-refractivity contribution in [2.24, 2.45) is 0 Å². The molecule has 1 aliphatic rings. The molecule has 0 fully saturated rings. The number of carboxylic acid groups (broad SMARTS) is 1. The maximum absolute atomic E-state index is 12.6. The molecule has 0 spiro atoms. The molecule has 2 N–H and O–H groups in total. The fraction of sp³-hybridized carbons (Fsp3) is 0.400. The molecular weight excluding hydrogens is 272 g/mol. The number of benzene rings is 1. The summed E-state index contributed by atoms with van der Waals surface area (Å²) < 4.78 is 0. The van der Waals surface area contributed by atoms with Gasteiger partial charge in [0.2, 0.25) is 11.8 Å². The number of hydrogen-bond donors (Lipinski definition) is 2. The number of carbonyl (C=O) groups excluding carboxylic acids is 2. The first kappa shape index (κ1) is 15.0. The topological polar surface area (TPSA) is 86.7 Å². The van der Waals surface area contributed by atoms with Gasteiger partial charge < -0.3 is 15.3 Å². The number of carboxylic acids is 1. The minimum Gasteiger partial charge on any atom is -0.480 e. The lowest BCUT2D eigenvalue weighted by Crippen LogP contribution is -2.41. The van der Waals surface area contributed by atoms with E-state index in [2.05, 4.69) is 5.32 Å². The number of para-hydroxylation sites is 1. The largest absolute Gasteiger partial charge is 0.480 e. The van der Waals surface area contributed by atoms with Crippen LogP contribution in [0, 0.1) is 0 Å². The molecule has 1 heterocycles. The molecule has 1 aromatic rings. The quantitative estimate of drug-likeness (QED) is 0.859. The Labute approximate surface area is 122 Å². The summed E-state index contributed by atoms with van der Waals surface area (Å²) in [5.74, 6) is -2.19. The molecule has 0 aliphatic carbocycles. The summed E-state index contributed by atoms with van der Waals surface area (Å²) in [6.45, 7) is 1.90. The van der Waals surface area contributed by atoms with Crippen molar-refractivity contribution in [2.45, 2.75) is 25.7 Å². The Morgan fingerprint density at radius 2 is 2.10 bits per heavy atom. The van der Waals surface area contributed by atoms with Gasteiger partial charge in [-0.25, -0.2) is 0 Å². The molecular formula is C15H18N2O4. The Bertz CT molecular complexity index is 571. The van der Waals surface area contributed by atoms with E-state index in [-0.39, 0.29) is 24.8 Å². The molecule has 0 saturated heterocycles. The zero-order chi connectivity index (χ0) is 15.4. The van der Waals surface area contributed by atoms with Gasteiger partial charge >= 0.3 is 5.97 Å². The number of aliphatic carboxylic acids is 1. The molecule has 6 heteroatoms. The van der Waals surface area contributed by atoms with E-state index in [9.17, 15) is 14.4 Å². The van der Waals surface area contributed by atoms with Crippen molar-refractivity contribution in [3.05, 3.63) is 29.8 Å². The average molecular weight is 290 g/mol. The van der Waals surface area contributed by atoms with Crippen molar-refractivity contribution in [1.29, 1.82) is 0 Å². The zero-order valence-electron chi connectivity index (χ0n) is 11.8. The minimum atomic E-state index is -1.05. The Kier molecular flexibility index (Phi) is 4.57. The summed E-state index contributed by atoms with van der Waals surface area (Å²) in [6, 6.07) is 7.13. The lowest BCUT2D eigenvalue weighted by atomic mass is 9.89. The van der Waals surface area contributed by atoms with E-state index in [1.54, 1.807) is 24.3 Å². The second-order valence-corrected chi connectivity index (χ2v) is 5.05. The molecule has 21 heavy (non-hydrogen) atoms. The molecule has 0 aromatic heterocycles. The fourth-order valence-corrected chi connectivity index (χ4v) is 2.55. The van der Waals surface area contributed by atoms with Crippen LogP contribution >= 0.6 is 0 Å². The van der Waals surface area contributed by atoms with Crippen molar-refractivity contribution in [3.8, 4) is 0 Å². The molecule has 6 nitrogen and oxygen atoms in total. The summed E-state index contributed by atoms with van der Waals surface area (Å²) >= 11 is 0. The van der Waals surface area contributed by atoms with E-state index >= 15 is 0 Å². The molecule has 1 aromatic carbocycles. The molecule has 0 saturated carbocycles. The van der Waals surface area contributed by atoms with Crippen LogP contribution in [0.1, 0.15) is 31.2 Å². The highest BCUT2D eigenvalue weighted by Gasteiger charge is 2.33. The van der Waals surface area contributed by atoms with Crippen molar-refractivity contribution >= 4 is 23.5 Å². The van der Waals surface area contributed by atoms with Crippen LogP contribution in [0.3, 0.4) is 0 Å². The highest BCUT2D eigenvalue weighted by Crippen LogP contribution is 2.33. The van der Waals surface area contributed by atoms with E-state index < -0.39 is 11.9 Å². The first-order valence-corrected chi connectivity index (χ1v) is 6.92. The van der Waals surface area contributed by atoms with E-state index in [1.165, 1.54) is 4.90 Å². The number of rotatable bonds is 5. The van der Waals surface area contributed by atoms with Gasteiger partial charge in [0.1, 0.15) is 6.54 Å². The Balaban J connectivity index is 2.29. The van der Waals surface area contributed by atoms with Gasteiger partial charge in [0.05, 0.1) is 5.92 Å². The van der Waals surface area contributed by atoms with Gasteiger partial charge in [0.15, 0.2) is 0 Å². The Morgan fingerprint density at radius 1 is 1.38 bits per heavy atom. The minimum absolute atomic E-state index is 0.0513. The number of nitrogens with zero attached hydrogens (tertiary/aromatic N) is 1. The summed E-state index contributed by atoms with van der Waals surface area (Å²) in [6.07, 6.45) is 0.718. The van der Waals surface area contributed by atoms with E-state index in [1.807, 2.05) is 6.92 Å². The van der Waals surface area contributed by atoms with Gasteiger partial charge in [0.25, 0.3) is 0 Å². The molecule has 2 amide bonds. The first-order chi connectivity index (χ1) is 10.0. The van der Waals surface area contributed by atoms with Crippen molar-refractivity contribution in [1.82, 2.24) is 4.90 Å². The van der Waals surface area contributed by atoms with Crippen molar-refractivity contribution in [2.75, 3.05) is 18.4 Å². The summed E-state index contributed by atoms with van der Waals surface area (Å²) in [5, 5.41) is 11.7. The van der Waals surface area contributed by atoms with Gasteiger partial charge in [-0.15, -0.1) is 0 Å². The summed E-state index contributed by atoms with van der Waals surface area (Å²) in [4.78, 5) is 36.6. The van der Waals surface area contributed by atoms with Crippen molar-refractivity contribution < 1.29 is 19.5 Å². The molecule has 0 bridgehead atoms. The molecule has 1 aliphatic heterocycles. The van der Waals surface area contributed by atoms with Gasteiger partial charge in [-0.1, -0.05) is 25.1 Å². The molecule has 1 atom stereocenters. The predicted molar refractivity (Wildman–Crippen MR) is 76.9 cm³/mol. The van der Waals surface area contributed by atoms with Crippen LogP contribution in [0.25, 0.3) is 0 Å². The molecule has 1 unspecified atom stereocenters. The molecule has 112 valence electrons. The highest BCUT2D eigenvalue weighted by atomic mass is 16.4. The number of hydrogen-bond acceptors (Lipinski definition) is 3. The average Bonchev–Trinajstić information content (AvgIpc) is 2.44. The lowest BCUT2D eigenvalue weighted by molar-refractivity contribution is -0.145. The van der Waals surface area contributed by atoms with Crippen LogP contribution in [-0.4, -0.2) is 40.9 Å². The molecule has 2 rings (SSSR count). The van der Waals surface area contributed by atoms with Crippen LogP contribution in [-0.2, 0) is 14.4 Å². The SMILES string of the molecule is CCCN(CC(=O)O)C(=O)C1CC(=O)Nc2ccccc21. The zero-order valence-corrected chi connectivity index (χ0v) is 11.8. The fourth-order valence-electron chi connectivity index (χ4n) is 2.55. The second-order valence-electron chi connectivity index (χ2n) is 5.05. The highest BCUT2D eigenvalue weighted by molar-refractivity contribution is 6.01. The monoisotopic (exact) mass is 290 g/mol. The van der Waals surface area contributed by atoms with Gasteiger partial charge in [-0.3, -0.25) is 14.4 Å². The maximum atomic E-state index is 12.6. The second kappa shape index (κ2) is 6.39. The van der Waals surface area contributed by atoms with Crippen molar-refractivity contribution in [3.63, 3.8) is 0 Å². The van der Waals surface area contributed by atoms with E-state index in [0.717, 1.165) is 5.56 Å². The smallest absolute Gasteiger partial charge is 0.323 e. The third-order valence-corrected chi connectivity index (χ3v) is 3.43. The number of anilines is 1. The van der Waals surface area contributed by atoms with Crippen LogP contribution in [0.15, 0.2) is 24.3 Å². The van der Waals surface area contributed by atoms with Crippen LogP contribution in [0.5, 0.6) is 0 Å². The van der Waals surface area contributed by atoms with Gasteiger partial charge in [0, 0.05) is 18.7 Å². The van der Waals surface area contributed by atoms with E-state index in [0.29, 0.717) is 18.7 Å². The first-order valence-electron chi connectivity index (χ1n) is 6.92. The molecule has 0 radical (unpaired) electrons. The lowest BCUT2D eigenvalue weighted by Gasteiger charge is -2.29. The van der Waals surface area contributed by atoms with Gasteiger partial charge in [-0.2, -0.15) is 0 Å². The van der Waals surface area contributed by atoms with E-state index in [4.69, 9.17) is 5.11 Å². The number of amides is 2. The standard InChI is InChI=1S/C15H18N2O4/c1-2-7-17(9-14(19)20)15(21)11-8-13(18)16-12-6-4-3-5-10(11)12/h3-6,11H,2,7-9H2,1H3,(H,16,18)(H,19,20). The van der Waals surface area contributed by atoms with Crippen LogP contribution in [0.2, 0.25) is 0 Å². The third-order valence-electron chi connectivity index (χ3n) is 3.43.